The average molecular weight is 443 g/mol. The van der Waals surface area contributed by atoms with Gasteiger partial charge in [0.2, 0.25) is 0 Å². The van der Waals surface area contributed by atoms with Gasteiger partial charge in [-0.15, -0.1) is 0 Å². The molecule has 2 bridgehead atoms. The molecule has 0 unspecified atom stereocenters. The van der Waals surface area contributed by atoms with Crippen LogP contribution in [0.4, 0.5) is 21.7 Å². The zero-order chi connectivity index (χ0) is 20.9. The van der Waals surface area contributed by atoms with E-state index in [9.17, 15) is 4.39 Å². The predicted octanol–water partition coefficient (Wildman–Crippen LogP) is 2.89. The van der Waals surface area contributed by atoms with Gasteiger partial charge in [-0.3, -0.25) is 0 Å². The molecule has 6 rings (SSSR count). The quantitative estimate of drug-likeness (QED) is 0.624. The van der Waals surface area contributed by atoms with Crippen LogP contribution in [0.25, 0.3) is 11.0 Å². The molecule has 2 N–H and O–H groups in total. The second-order valence-electron chi connectivity index (χ2n) is 8.05. The van der Waals surface area contributed by atoms with Crippen molar-refractivity contribution in [3.8, 4) is 5.75 Å². The molecule has 3 aliphatic rings. The third-order valence-corrected chi connectivity index (χ3v) is 6.37. The molecule has 0 saturated carbocycles. The van der Waals surface area contributed by atoms with Crippen molar-refractivity contribution in [2.24, 2.45) is 0 Å². The summed E-state index contributed by atoms with van der Waals surface area (Å²) in [5.74, 6) is 0.989. The fourth-order valence-electron chi connectivity index (χ4n) is 4.33. The van der Waals surface area contributed by atoms with Crippen LogP contribution in [0.5, 0.6) is 5.75 Å². The summed E-state index contributed by atoms with van der Waals surface area (Å²) in [6.07, 6.45) is 2.46. The highest BCUT2D eigenvalue weighted by atomic mass is 35.5. The number of aromatic nitrogens is 3. The second-order valence-corrected chi connectivity index (χ2v) is 8.43. The number of benzene rings is 1. The highest BCUT2D eigenvalue weighted by Gasteiger charge is 2.38. The van der Waals surface area contributed by atoms with E-state index in [-0.39, 0.29) is 16.8 Å². The second kappa shape index (κ2) is 7.44. The Kier molecular flexibility index (Phi) is 4.55. The largest absolute Gasteiger partial charge is 0.484 e. The first-order valence-corrected chi connectivity index (χ1v) is 10.6. The van der Waals surface area contributed by atoms with E-state index >= 15 is 0 Å². The van der Waals surface area contributed by atoms with Crippen molar-refractivity contribution in [3.63, 3.8) is 0 Å². The van der Waals surface area contributed by atoms with Crippen LogP contribution in [-0.4, -0.2) is 59.4 Å². The van der Waals surface area contributed by atoms with E-state index in [0.717, 1.165) is 25.3 Å². The molecule has 0 radical (unpaired) electrons. The molecule has 3 saturated heterocycles. The Morgan fingerprint density at radius 2 is 2.13 bits per heavy atom. The average Bonchev–Trinajstić information content (AvgIpc) is 3.39. The van der Waals surface area contributed by atoms with Gasteiger partial charge in [0.05, 0.1) is 24.4 Å². The topological polar surface area (TPSA) is 84.4 Å². The molecule has 3 fully saturated rings. The lowest BCUT2D eigenvalue weighted by molar-refractivity contribution is -0.0797. The van der Waals surface area contributed by atoms with Crippen LogP contribution in [0, 0.1) is 5.82 Å². The lowest BCUT2D eigenvalue weighted by Gasteiger charge is -2.28. The van der Waals surface area contributed by atoms with Gasteiger partial charge < -0.3 is 25.0 Å². The Morgan fingerprint density at radius 1 is 1.23 bits per heavy atom. The number of fused-ring (bicyclic) bond motifs is 3. The van der Waals surface area contributed by atoms with E-state index in [1.165, 1.54) is 6.33 Å². The molecule has 8 nitrogen and oxygen atoms in total. The van der Waals surface area contributed by atoms with Crippen LogP contribution in [0.3, 0.4) is 0 Å². The number of rotatable bonds is 5. The number of pyridine rings is 1. The molecule has 0 amide bonds. The first-order valence-electron chi connectivity index (χ1n) is 10.3. The first kappa shape index (κ1) is 19.0. The number of ether oxygens (including phenoxy) is 2. The number of anilines is 3. The smallest absolute Gasteiger partial charge is 0.169 e. The predicted molar refractivity (Wildman–Crippen MR) is 115 cm³/mol. The van der Waals surface area contributed by atoms with E-state index in [4.69, 9.17) is 26.1 Å². The van der Waals surface area contributed by atoms with Crippen LogP contribution in [-0.2, 0) is 4.74 Å². The van der Waals surface area contributed by atoms with Crippen molar-refractivity contribution in [1.82, 2.24) is 20.3 Å². The van der Waals surface area contributed by atoms with E-state index < -0.39 is 5.82 Å². The van der Waals surface area contributed by atoms with Crippen LogP contribution >= 0.6 is 11.6 Å². The summed E-state index contributed by atoms with van der Waals surface area (Å²) >= 11 is 6.21. The fourth-order valence-corrected chi connectivity index (χ4v) is 4.54. The summed E-state index contributed by atoms with van der Waals surface area (Å²) in [6.45, 7) is 2.85. The van der Waals surface area contributed by atoms with Crippen LogP contribution in [0.2, 0.25) is 5.02 Å². The van der Waals surface area contributed by atoms with Crippen molar-refractivity contribution >= 4 is 40.0 Å². The molecular formula is C21H20ClFN6O2. The lowest BCUT2D eigenvalue weighted by atomic mass is 10.2. The molecule has 3 aromatic rings. The van der Waals surface area contributed by atoms with Crippen LogP contribution < -0.4 is 20.3 Å². The molecule has 160 valence electrons. The third-order valence-electron chi connectivity index (χ3n) is 6.02. The minimum atomic E-state index is -0.606. The molecule has 10 heteroatoms. The van der Waals surface area contributed by atoms with Gasteiger partial charge in [-0.25, -0.2) is 19.3 Å². The molecule has 0 aliphatic carbocycles. The van der Waals surface area contributed by atoms with Crippen molar-refractivity contribution < 1.29 is 13.9 Å². The van der Waals surface area contributed by atoms with Gasteiger partial charge in [0.15, 0.2) is 11.6 Å². The minimum absolute atomic E-state index is 0.0792. The SMILES string of the molecule is Fc1c(Nc2ncnc3ccc(N4C[C@@H]5C[C@H]4CN5)nc23)ccc(OC2COC2)c1Cl. The monoisotopic (exact) mass is 442 g/mol. The Balaban J connectivity index is 1.31. The van der Waals surface area contributed by atoms with Gasteiger partial charge in [-0.05, 0) is 30.7 Å². The number of piperazine rings is 1. The molecule has 2 aromatic heterocycles. The Hall–Kier alpha value is -2.75. The number of nitrogens with zero attached hydrogens (tertiary/aromatic N) is 4. The molecule has 0 spiro atoms. The van der Waals surface area contributed by atoms with E-state index in [1.807, 2.05) is 12.1 Å². The Bertz CT molecular complexity index is 1160. The zero-order valence-corrected chi connectivity index (χ0v) is 17.3. The summed E-state index contributed by atoms with van der Waals surface area (Å²) < 4.78 is 25.7. The van der Waals surface area contributed by atoms with E-state index in [2.05, 4.69) is 25.5 Å². The summed E-state index contributed by atoms with van der Waals surface area (Å²) in [7, 11) is 0. The van der Waals surface area contributed by atoms with Gasteiger partial charge in [0, 0.05) is 25.2 Å². The summed E-state index contributed by atoms with van der Waals surface area (Å²) in [5.41, 5.74) is 1.46. The molecule has 5 heterocycles. The van der Waals surface area contributed by atoms with Crippen LogP contribution in [0.1, 0.15) is 6.42 Å². The maximum absolute atomic E-state index is 15.0. The molecular weight excluding hydrogens is 423 g/mol. The van der Waals surface area contributed by atoms with Crippen molar-refractivity contribution in [3.05, 3.63) is 41.4 Å². The standard InChI is InChI=1S/C21H20ClFN6O2/c22-18-16(31-13-8-30-9-13)3-1-14(19(18)23)27-21-20-15(25-10-26-21)2-4-17(28-20)29-7-11-5-12(29)6-24-11/h1-4,10-13,24H,5-9H2,(H,25,26,27)/t11-,12-/m0/s1. The first-order chi connectivity index (χ1) is 15.2. The van der Waals surface area contributed by atoms with Crippen molar-refractivity contribution in [2.45, 2.75) is 24.6 Å². The van der Waals surface area contributed by atoms with Crippen molar-refractivity contribution in [1.29, 1.82) is 0 Å². The van der Waals surface area contributed by atoms with Gasteiger partial charge in [-0.2, -0.15) is 0 Å². The zero-order valence-electron chi connectivity index (χ0n) is 16.5. The summed E-state index contributed by atoms with van der Waals surface area (Å²) in [4.78, 5) is 15.7. The highest BCUT2D eigenvalue weighted by Crippen LogP contribution is 2.36. The molecule has 2 atom stereocenters. The Morgan fingerprint density at radius 3 is 2.87 bits per heavy atom. The lowest BCUT2D eigenvalue weighted by Crippen LogP contribution is -2.44. The third kappa shape index (κ3) is 3.33. The normalized spacial score (nSPS) is 22.7. The van der Waals surface area contributed by atoms with E-state index in [1.54, 1.807) is 12.1 Å². The number of hydrogen-bond donors (Lipinski definition) is 2. The van der Waals surface area contributed by atoms with Gasteiger partial charge in [0.25, 0.3) is 0 Å². The summed E-state index contributed by atoms with van der Waals surface area (Å²) in [5, 5.41) is 6.45. The van der Waals surface area contributed by atoms with Gasteiger partial charge in [-0.1, -0.05) is 11.6 Å². The number of halogens is 2. The van der Waals surface area contributed by atoms with Crippen molar-refractivity contribution in [2.75, 3.05) is 36.5 Å². The number of hydrogen-bond acceptors (Lipinski definition) is 8. The van der Waals surface area contributed by atoms with Gasteiger partial charge >= 0.3 is 0 Å². The molecule has 3 aliphatic heterocycles. The highest BCUT2D eigenvalue weighted by molar-refractivity contribution is 6.32. The van der Waals surface area contributed by atoms with E-state index in [0.29, 0.717) is 47.9 Å². The molecule has 31 heavy (non-hydrogen) atoms. The maximum atomic E-state index is 15.0. The molecule has 1 aromatic carbocycles. The Labute approximate surface area is 182 Å². The minimum Gasteiger partial charge on any atom is -0.484 e. The van der Waals surface area contributed by atoms with Gasteiger partial charge in [0.1, 0.15) is 34.5 Å². The van der Waals surface area contributed by atoms with Crippen LogP contribution in [0.15, 0.2) is 30.6 Å². The number of nitrogens with one attached hydrogen (secondary N) is 2. The summed E-state index contributed by atoms with van der Waals surface area (Å²) in [6, 6.07) is 8.08. The maximum Gasteiger partial charge on any atom is 0.169 e. The fraction of sp³-hybridized carbons (Fsp3) is 0.381.